The van der Waals surface area contributed by atoms with E-state index in [1.54, 1.807) is 12.1 Å². The van der Waals surface area contributed by atoms with Crippen molar-refractivity contribution in [3.8, 4) is 5.75 Å². The predicted octanol–water partition coefficient (Wildman–Crippen LogP) is 4.11. The van der Waals surface area contributed by atoms with E-state index >= 15 is 0 Å². The highest BCUT2D eigenvalue weighted by molar-refractivity contribution is 7.89. The Kier molecular flexibility index (Phi) is 7.63. The average Bonchev–Trinajstić information content (AvgIpc) is 2.74. The Bertz CT molecular complexity index is 1010. The SMILES string of the molecule is CCOc1ccc(S(=O)(=O)N2CCC[C@@H](C(=O)NCc3ccccc3Cl)C2)cc1Cl. The van der Waals surface area contributed by atoms with Crippen LogP contribution in [0.5, 0.6) is 5.75 Å². The van der Waals surface area contributed by atoms with Gasteiger partial charge in [0.15, 0.2) is 0 Å². The number of ether oxygens (including phenoxy) is 1. The first-order chi connectivity index (χ1) is 14.3. The fraction of sp³-hybridized carbons (Fsp3) is 0.381. The van der Waals surface area contributed by atoms with Gasteiger partial charge in [-0.1, -0.05) is 41.4 Å². The van der Waals surface area contributed by atoms with E-state index in [1.807, 2.05) is 25.1 Å². The molecule has 0 aromatic heterocycles. The lowest BCUT2D eigenvalue weighted by Gasteiger charge is -2.31. The number of carbonyl (C=O) groups excluding carboxylic acids is 1. The minimum atomic E-state index is -3.76. The second-order valence-electron chi connectivity index (χ2n) is 7.04. The van der Waals surface area contributed by atoms with Crippen LogP contribution in [-0.2, 0) is 21.4 Å². The highest BCUT2D eigenvalue weighted by Crippen LogP contribution is 2.30. The summed E-state index contributed by atoms with van der Waals surface area (Å²) in [6.45, 7) is 3.05. The molecule has 0 aliphatic carbocycles. The summed E-state index contributed by atoms with van der Waals surface area (Å²) >= 11 is 12.3. The van der Waals surface area contributed by atoms with E-state index in [-0.39, 0.29) is 22.4 Å². The van der Waals surface area contributed by atoms with Crippen molar-refractivity contribution in [2.24, 2.45) is 5.92 Å². The Morgan fingerprint density at radius 1 is 1.20 bits per heavy atom. The average molecular weight is 471 g/mol. The zero-order chi connectivity index (χ0) is 21.7. The highest BCUT2D eigenvalue weighted by Gasteiger charge is 2.33. The molecule has 0 bridgehead atoms. The Labute approximate surface area is 187 Å². The Balaban J connectivity index is 1.68. The van der Waals surface area contributed by atoms with Gasteiger partial charge in [0.1, 0.15) is 5.75 Å². The third-order valence-electron chi connectivity index (χ3n) is 5.01. The number of benzene rings is 2. The molecule has 1 fully saturated rings. The molecule has 0 saturated carbocycles. The fourth-order valence-corrected chi connectivity index (χ4v) is 5.46. The number of sulfonamides is 1. The van der Waals surface area contributed by atoms with E-state index in [9.17, 15) is 13.2 Å². The summed E-state index contributed by atoms with van der Waals surface area (Å²) in [4.78, 5) is 12.7. The largest absolute Gasteiger partial charge is 0.492 e. The van der Waals surface area contributed by atoms with Gasteiger partial charge in [0, 0.05) is 24.7 Å². The van der Waals surface area contributed by atoms with Crippen molar-refractivity contribution in [1.29, 1.82) is 0 Å². The van der Waals surface area contributed by atoms with Gasteiger partial charge >= 0.3 is 0 Å². The lowest BCUT2D eigenvalue weighted by molar-refractivity contribution is -0.126. The van der Waals surface area contributed by atoms with Crippen LogP contribution in [-0.4, -0.2) is 38.3 Å². The maximum absolute atomic E-state index is 13.1. The van der Waals surface area contributed by atoms with Gasteiger partial charge < -0.3 is 10.1 Å². The minimum Gasteiger partial charge on any atom is -0.492 e. The van der Waals surface area contributed by atoms with Crippen LogP contribution in [0.25, 0.3) is 0 Å². The number of carbonyl (C=O) groups is 1. The molecule has 162 valence electrons. The summed E-state index contributed by atoms with van der Waals surface area (Å²) in [7, 11) is -3.76. The summed E-state index contributed by atoms with van der Waals surface area (Å²) in [5, 5.41) is 3.69. The quantitative estimate of drug-likeness (QED) is 0.660. The lowest BCUT2D eigenvalue weighted by atomic mass is 9.99. The standard InChI is InChI=1S/C21H24Cl2N2O4S/c1-2-29-20-10-9-17(12-19(20)23)30(27,28)25-11-5-7-16(14-25)21(26)24-13-15-6-3-4-8-18(15)22/h3-4,6,8-10,12,16H,2,5,7,11,13-14H2,1H3,(H,24,26)/t16-/m1/s1. The topological polar surface area (TPSA) is 75.7 Å². The third-order valence-corrected chi connectivity index (χ3v) is 7.53. The molecule has 0 radical (unpaired) electrons. The van der Waals surface area contributed by atoms with Gasteiger partial charge in [-0.2, -0.15) is 4.31 Å². The molecule has 1 saturated heterocycles. The van der Waals surface area contributed by atoms with Crippen molar-refractivity contribution < 1.29 is 17.9 Å². The number of nitrogens with zero attached hydrogens (tertiary/aromatic N) is 1. The predicted molar refractivity (Wildman–Crippen MR) is 117 cm³/mol. The number of piperidine rings is 1. The van der Waals surface area contributed by atoms with Crippen molar-refractivity contribution >= 4 is 39.1 Å². The van der Waals surface area contributed by atoms with E-state index in [1.165, 1.54) is 16.4 Å². The van der Waals surface area contributed by atoms with E-state index in [0.29, 0.717) is 43.3 Å². The summed E-state index contributed by atoms with van der Waals surface area (Å²) in [5.74, 6) is -0.165. The summed E-state index contributed by atoms with van der Waals surface area (Å²) in [6, 6.07) is 11.7. The zero-order valence-electron chi connectivity index (χ0n) is 16.6. The van der Waals surface area contributed by atoms with E-state index < -0.39 is 15.9 Å². The molecular weight excluding hydrogens is 447 g/mol. The number of hydrogen-bond donors (Lipinski definition) is 1. The number of rotatable bonds is 7. The highest BCUT2D eigenvalue weighted by atomic mass is 35.5. The second-order valence-corrected chi connectivity index (χ2v) is 9.79. The smallest absolute Gasteiger partial charge is 0.243 e. The van der Waals surface area contributed by atoms with Gasteiger partial charge in [0.2, 0.25) is 15.9 Å². The van der Waals surface area contributed by atoms with Gasteiger partial charge in [-0.15, -0.1) is 0 Å². The molecule has 1 atom stereocenters. The van der Waals surface area contributed by atoms with Crippen LogP contribution >= 0.6 is 23.2 Å². The van der Waals surface area contributed by atoms with Crippen LogP contribution in [0.4, 0.5) is 0 Å². The summed E-state index contributed by atoms with van der Waals surface area (Å²) < 4.78 is 32.9. The van der Waals surface area contributed by atoms with Crippen molar-refractivity contribution in [3.05, 3.63) is 58.1 Å². The third kappa shape index (κ3) is 5.27. The molecule has 0 unspecified atom stereocenters. The van der Waals surface area contributed by atoms with E-state index in [4.69, 9.17) is 27.9 Å². The van der Waals surface area contributed by atoms with Crippen LogP contribution in [0.1, 0.15) is 25.3 Å². The molecule has 1 aliphatic heterocycles. The minimum absolute atomic E-state index is 0.0908. The monoisotopic (exact) mass is 470 g/mol. The van der Waals surface area contributed by atoms with Crippen molar-refractivity contribution in [3.63, 3.8) is 0 Å². The summed E-state index contributed by atoms with van der Waals surface area (Å²) in [6.07, 6.45) is 1.23. The molecule has 1 N–H and O–H groups in total. The van der Waals surface area contributed by atoms with Gasteiger partial charge in [0.05, 0.1) is 22.4 Å². The number of nitrogens with one attached hydrogen (secondary N) is 1. The van der Waals surface area contributed by atoms with E-state index in [2.05, 4.69) is 5.32 Å². The van der Waals surface area contributed by atoms with Crippen LogP contribution in [0, 0.1) is 5.92 Å². The molecule has 30 heavy (non-hydrogen) atoms. The lowest BCUT2D eigenvalue weighted by Crippen LogP contribution is -2.45. The number of halogens is 2. The normalized spacial score (nSPS) is 17.5. The Hall–Kier alpha value is -1.80. The molecule has 1 heterocycles. The van der Waals surface area contributed by atoms with Crippen molar-refractivity contribution in [1.82, 2.24) is 9.62 Å². The van der Waals surface area contributed by atoms with Crippen molar-refractivity contribution in [2.75, 3.05) is 19.7 Å². The number of amides is 1. The molecule has 1 amide bonds. The molecule has 2 aromatic rings. The van der Waals surface area contributed by atoms with Gasteiger partial charge in [-0.05, 0) is 49.6 Å². The first-order valence-electron chi connectivity index (χ1n) is 9.76. The van der Waals surface area contributed by atoms with E-state index in [0.717, 1.165) is 5.56 Å². The number of hydrogen-bond acceptors (Lipinski definition) is 4. The van der Waals surface area contributed by atoms with Gasteiger partial charge in [-0.3, -0.25) is 4.79 Å². The molecule has 2 aromatic carbocycles. The summed E-state index contributed by atoms with van der Waals surface area (Å²) in [5.41, 5.74) is 0.817. The first kappa shape index (κ1) is 22.9. The van der Waals surface area contributed by atoms with Crippen LogP contribution in [0.2, 0.25) is 10.0 Å². The molecule has 3 rings (SSSR count). The van der Waals surface area contributed by atoms with Crippen LogP contribution in [0.15, 0.2) is 47.4 Å². The van der Waals surface area contributed by atoms with Crippen molar-refractivity contribution in [2.45, 2.75) is 31.2 Å². The van der Waals surface area contributed by atoms with Crippen LogP contribution in [0.3, 0.4) is 0 Å². The maximum atomic E-state index is 13.1. The Morgan fingerprint density at radius 3 is 2.67 bits per heavy atom. The first-order valence-corrected chi connectivity index (χ1v) is 12.0. The second kappa shape index (κ2) is 10.0. The molecule has 9 heteroatoms. The molecule has 6 nitrogen and oxygen atoms in total. The van der Waals surface area contributed by atoms with Crippen LogP contribution < -0.4 is 10.1 Å². The fourth-order valence-electron chi connectivity index (χ4n) is 3.41. The molecular formula is C21H24Cl2N2O4S. The maximum Gasteiger partial charge on any atom is 0.243 e. The zero-order valence-corrected chi connectivity index (χ0v) is 18.9. The van der Waals surface area contributed by atoms with Gasteiger partial charge in [-0.25, -0.2) is 8.42 Å². The Morgan fingerprint density at radius 2 is 1.97 bits per heavy atom. The molecule has 0 spiro atoms. The molecule has 1 aliphatic rings. The van der Waals surface area contributed by atoms with Gasteiger partial charge in [0.25, 0.3) is 0 Å².